The van der Waals surface area contributed by atoms with Crippen LogP contribution in [0.4, 0.5) is 0 Å². The summed E-state index contributed by atoms with van der Waals surface area (Å²) in [5.74, 6) is -0.779. The van der Waals surface area contributed by atoms with Crippen molar-refractivity contribution in [3.63, 3.8) is 0 Å². The van der Waals surface area contributed by atoms with Crippen LogP contribution in [0.5, 0.6) is 0 Å². The summed E-state index contributed by atoms with van der Waals surface area (Å²) >= 11 is 0. The zero-order chi connectivity index (χ0) is 13.1. The van der Waals surface area contributed by atoms with Crippen molar-refractivity contribution < 1.29 is 9.90 Å². The lowest BCUT2D eigenvalue weighted by molar-refractivity contribution is -0.132. The summed E-state index contributed by atoms with van der Waals surface area (Å²) in [6.45, 7) is 15.1. The molecule has 0 atom stereocenters. The number of rotatable bonds is 5. The van der Waals surface area contributed by atoms with Crippen molar-refractivity contribution in [3.05, 3.63) is 11.3 Å². The number of carbonyl (C=O) groups is 1. The number of carboxylic acids is 1. The largest absolute Gasteiger partial charge is 0.478 e. The molecule has 2 nitrogen and oxygen atoms in total. The van der Waals surface area contributed by atoms with Crippen LogP contribution in [-0.4, -0.2) is 19.1 Å². The fraction of sp³-hybridized carbons (Fsp3) is 0.769. The van der Waals surface area contributed by atoms with Crippen LogP contribution in [0.3, 0.4) is 0 Å². The fourth-order valence-electron chi connectivity index (χ4n) is 2.94. The molecule has 3 heteroatoms. The van der Waals surface area contributed by atoms with E-state index in [1.165, 1.54) is 0 Å². The molecule has 0 aliphatic carbocycles. The van der Waals surface area contributed by atoms with Gasteiger partial charge in [-0.3, -0.25) is 0 Å². The second-order valence-electron chi connectivity index (χ2n) is 5.60. The smallest absolute Gasteiger partial charge is 0.330 e. The van der Waals surface area contributed by atoms with Gasteiger partial charge in [-0.25, -0.2) is 4.79 Å². The average molecular weight is 242 g/mol. The zero-order valence-corrected chi connectivity index (χ0v) is 12.7. The van der Waals surface area contributed by atoms with Gasteiger partial charge in [-0.2, -0.15) is 0 Å². The van der Waals surface area contributed by atoms with Crippen LogP contribution < -0.4 is 0 Å². The molecule has 0 aromatic carbocycles. The summed E-state index contributed by atoms with van der Waals surface area (Å²) in [5, 5.41) is 9.04. The highest BCUT2D eigenvalue weighted by Gasteiger charge is 2.41. The molecule has 0 aromatic rings. The lowest BCUT2D eigenvalue weighted by Gasteiger charge is -2.41. The van der Waals surface area contributed by atoms with E-state index in [4.69, 9.17) is 5.11 Å². The fourth-order valence-corrected chi connectivity index (χ4v) is 8.81. The minimum absolute atomic E-state index is 0.516. The molecular formula is C13H26O2Si. The van der Waals surface area contributed by atoms with Crippen molar-refractivity contribution in [1.29, 1.82) is 0 Å². The normalized spacial score (nSPS) is 14.0. The minimum Gasteiger partial charge on any atom is -0.478 e. The van der Waals surface area contributed by atoms with Gasteiger partial charge in [0.1, 0.15) is 0 Å². The van der Waals surface area contributed by atoms with Gasteiger partial charge < -0.3 is 5.11 Å². The van der Waals surface area contributed by atoms with E-state index in [0.29, 0.717) is 22.2 Å². The summed E-state index contributed by atoms with van der Waals surface area (Å²) in [4.78, 5) is 11.0. The molecule has 1 N–H and O–H groups in total. The summed E-state index contributed by atoms with van der Waals surface area (Å²) < 4.78 is 0. The maximum absolute atomic E-state index is 11.0. The van der Waals surface area contributed by atoms with E-state index in [-0.39, 0.29) is 0 Å². The van der Waals surface area contributed by atoms with E-state index in [1.54, 1.807) is 6.92 Å². The number of hydrogen-bond donors (Lipinski definition) is 1. The zero-order valence-electron chi connectivity index (χ0n) is 11.7. The van der Waals surface area contributed by atoms with Gasteiger partial charge in [0.25, 0.3) is 0 Å². The highest BCUT2D eigenvalue weighted by Crippen LogP contribution is 2.42. The Kier molecular flexibility index (Phi) is 5.46. The van der Waals surface area contributed by atoms with Gasteiger partial charge in [0.2, 0.25) is 0 Å². The first-order valence-electron chi connectivity index (χ1n) is 6.09. The average Bonchev–Trinajstić information content (AvgIpc) is 2.11. The van der Waals surface area contributed by atoms with E-state index in [9.17, 15) is 4.79 Å². The Morgan fingerprint density at radius 2 is 1.31 bits per heavy atom. The van der Waals surface area contributed by atoms with Crippen LogP contribution in [0.2, 0.25) is 16.6 Å². The van der Waals surface area contributed by atoms with E-state index >= 15 is 0 Å². The van der Waals surface area contributed by atoms with Crippen LogP contribution in [0.25, 0.3) is 0 Å². The third-order valence-electron chi connectivity index (χ3n) is 3.80. The Balaban J connectivity index is 5.55. The van der Waals surface area contributed by atoms with Gasteiger partial charge in [-0.15, -0.1) is 0 Å². The molecule has 0 heterocycles. The van der Waals surface area contributed by atoms with Crippen LogP contribution in [0, 0.1) is 0 Å². The molecule has 0 fully saturated rings. The Bertz CT molecular complexity index is 256. The summed E-state index contributed by atoms with van der Waals surface area (Å²) in [6.07, 6.45) is 0. The van der Waals surface area contributed by atoms with Crippen LogP contribution in [0.1, 0.15) is 48.5 Å². The molecule has 0 spiro atoms. The Labute approximate surface area is 101 Å². The summed E-state index contributed by atoms with van der Waals surface area (Å²) in [7, 11) is -1.70. The molecule has 0 amide bonds. The summed E-state index contributed by atoms with van der Waals surface area (Å²) in [6, 6.07) is 0. The van der Waals surface area contributed by atoms with Crippen molar-refractivity contribution in [3.8, 4) is 0 Å². The molecule has 0 saturated heterocycles. The third-order valence-corrected chi connectivity index (χ3v) is 10.7. The van der Waals surface area contributed by atoms with Crippen molar-refractivity contribution >= 4 is 14.0 Å². The molecule has 16 heavy (non-hydrogen) atoms. The maximum Gasteiger partial charge on any atom is 0.330 e. The highest BCUT2D eigenvalue weighted by molar-refractivity contribution is 6.88. The van der Waals surface area contributed by atoms with Gasteiger partial charge >= 0.3 is 5.97 Å². The van der Waals surface area contributed by atoms with Crippen LogP contribution >= 0.6 is 0 Å². The number of hydrogen-bond acceptors (Lipinski definition) is 1. The second-order valence-corrected chi connectivity index (χ2v) is 11.3. The molecule has 0 rings (SSSR count). The maximum atomic E-state index is 11.0. The first-order chi connectivity index (χ1) is 7.16. The first kappa shape index (κ1) is 15.4. The van der Waals surface area contributed by atoms with Gasteiger partial charge in [-0.05, 0) is 23.5 Å². The van der Waals surface area contributed by atoms with E-state index in [2.05, 4.69) is 47.2 Å². The monoisotopic (exact) mass is 242 g/mol. The number of aliphatic carboxylic acids is 1. The lowest BCUT2D eigenvalue weighted by atomic mass is 10.4. The van der Waals surface area contributed by atoms with Crippen molar-refractivity contribution in [2.45, 2.75) is 65.1 Å². The van der Waals surface area contributed by atoms with Crippen molar-refractivity contribution in [2.75, 3.05) is 0 Å². The van der Waals surface area contributed by atoms with Gasteiger partial charge in [-0.1, -0.05) is 47.2 Å². The van der Waals surface area contributed by atoms with Crippen molar-refractivity contribution in [2.24, 2.45) is 0 Å². The summed E-state index contributed by atoms with van der Waals surface area (Å²) in [5.41, 5.74) is 4.34. The molecule has 0 unspecified atom stereocenters. The minimum atomic E-state index is -1.70. The molecule has 0 aliphatic heterocycles. The second kappa shape index (κ2) is 5.67. The molecule has 0 aromatic heterocycles. The predicted octanol–water partition coefficient (Wildman–Crippen LogP) is 4.24. The van der Waals surface area contributed by atoms with Gasteiger partial charge in [0.15, 0.2) is 0 Å². The molecule has 94 valence electrons. The lowest BCUT2D eigenvalue weighted by Crippen LogP contribution is -2.43. The third kappa shape index (κ3) is 2.97. The van der Waals surface area contributed by atoms with Gasteiger partial charge in [0, 0.05) is 5.57 Å². The van der Waals surface area contributed by atoms with Crippen LogP contribution in [0.15, 0.2) is 11.3 Å². The number of carboxylic acid groups (broad SMARTS) is 1. The van der Waals surface area contributed by atoms with E-state index in [0.717, 1.165) is 0 Å². The molecule has 0 radical (unpaired) electrons. The predicted molar refractivity (Wildman–Crippen MR) is 72.4 cm³/mol. The highest BCUT2D eigenvalue weighted by atomic mass is 28.3. The standard InChI is InChI=1S/C13H26O2Si/c1-9(2)16(10(3)4,11(5)6)8-12(7)13(14)15/h8-11H,1-7H3,(H,14,15). The van der Waals surface area contributed by atoms with Crippen LogP contribution in [-0.2, 0) is 4.79 Å². The quantitative estimate of drug-likeness (QED) is 0.578. The van der Waals surface area contributed by atoms with E-state index < -0.39 is 14.0 Å². The van der Waals surface area contributed by atoms with Gasteiger partial charge in [0.05, 0.1) is 8.07 Å². The molecule has 0 saturated carbocycles. The molecular weight excluding hydrogens is 216 g/mol. The van der Waals surface area contributed by atoms with Crippen molar-refractivity contribution in [1.82, 2.24) is 0 Å². The Morgan fingerprint density at radius 3 is 1.50 bits per heavy atom. The Hall–Kier alpha value is -0.573. The van der Waals surface area contributed by atoms with E-state index in [1.807, 2.05) is 0 Å². The molecule has 0 bridgehead atoms. The topological polar surface area (TPSA) is 37.3 Å². The Morgan fingerprint density at radius 1 is 1.00 bits per heavy atom. The SMILES string of the molecule is CC(=C[Si](C(C)C)(C(C)C)C(C)C)C(=O)O. The first-order valence-corrected chi connectivity index (χ1v) is 8.39. The molecule has 0 aliphatic rings.